The van der Waals surface area contributed by atoms with E-state index in [-0.39, 0.29) is 5.91 Å². The van der Waals surface area contributed by atoms with Crippen molar-refractivity contribution >= 4 is 22.7 Å². The topological polar surface area (TPSA) is 64.4 Å². The first-order valence-corrected chi connectivity index (χ1v) is 8.98. The van der Waals surface area contributed by atoms with Crippen molar-refractivity contribution in [3.63, 3.8) is 0 Å². The molecular formula is C23H20N2O3. The van der Waals surface area contributed by atoms with Gasteiger partial charge in [-0.15, -0.1) is 0 Å². The van der Waals surface area contributed by atoms with E-state index >= 15 is 0 Å². The normalized spacial score (nSPS) is 10.8. The first-order valence-electron chi connectivity index (χ1n) is 8.98. The predicted molar refractivity (Wildman–Crippen MR) is 110 cm³/mol. The molecular weight excluding hydrogens is 352 g/mol. The summed E-state index contributed by atoms with van der Waals surface area (Å²) >= 11 is 0. The number of aromatic nitrogens is 1. The van der Waals surface area contributed by atoms with Crippen LogP contribution in [0.3, 0.4) is 0 Å². The van der Waals surface area contributed by atoms with Gasteiger partial charge in [0.1, 0.15) is 11.3 Å². The van der Waals surface area contributed by atoms with Gasteiger partial charge in [0.25, 0.3) is 5.91 Å². The highest BCUT2D eigenvalue weighted by Crippen LogP contribution is 2.29. The van der Waals surface area contributed by atoms with Crippen molar-refractivity contribution in [2.24, 2.45) is 0 Å². The summed E-state index contributed by atoms with van der Waals surface area (Å²) in [5.41, 5.74) is 5.59. The molecule has 0 saturated heterocycles. The van der Waals surface area contributed by atoms with Crippen molar-refractivity contribution in [3.05, 3.63) is 77.4 Å². The first kappa shape index (κ1) is 17.8. The second-order valence-electron chi connectivity index (χ2n) is 6.67. The van der Waals surface area contributed by atoms with E-state index in [1.807, 2.05) is 56.3 Å². The van der Waals surface area contributed by atoms with Gasteiger partial charge in [-0.3, -0.25) is 4.79 Å². The number of aryl methyl sites for hydroxylation is 2. The zero-order chi connectivity index (χ0) is 19.7. The fourth-order valence-electron chi connectivity index (χ4n) is 3.07. The number of carbonyl (C=O) groups excluding carboxylic acids is 1. The van der Waals surface area contributed by atoms with Gasteiger partial charge in [-0.1, -0.05) is 24.3 Å². The Balaban J connectivity index is 1.67. The quantitative estimate of drug-likeness (QED) is 0.523. The lowest BCUT2D eigenvalue weighted by molar-refractivity contribution is 0.102. The zero-order valence-electron chi connectivity index (χ0n) is 15.9. The van der Waals surface area contributed by atoms with Gasteiger partial charge in [-0.2, -0.15) is 0 Å². The number of hydrogen-bond acceptors (Lipinski definition) is 4. The second-order valence-corrected chi connectivity index (χ2v) is 6.67. The van der Waals surface area contributed by atoms with Crippen LogP contribution in [-0.4, -0.2) is 18.0 Å². The summed E-state index contributed by atoms with van der Waals surface area (Å²) in [6.07, 6.45) is 0. The van der Waals surface area contributed by atoms with Gasteiger partial charge in [0, 0.05) is 11.3 Å². The number of benzene rings is 3. The van der Waals surface area contributed by atoms with Crippen molar-refractivity contribution in [2.45, 2.75) is 13.8 Å². The molecule has 4 aromatic rings. The van der Waals surface area contributed by atoms with E-state index in [2.05, 4.69) is 10.3 Å². The Labute approximate surface area is 163 Å². The molecule has 140 valence electrons. The van der Waals surface area contributed by atoms with Crippen LogP contribution in [0.1, 0.15) is 21.5 Å². The van der Waals surface area contributed by atoms with Gasteiger partial charge < -0.3 is 14.5 Å². The molecule has 5 heteroatoms. The van der Waals surface area contributed by atoms with Crippen LogP contribution in [0.2, 0.25) is 0 Å². The molecule has 0 aliphatic heterocycles. The van der Waals surface area contributed by atoms with E-state index in [0.29, 0.717) is 22.9 Å². The lowest BCUT2D eigenvalue weighted by Gasteiger charge is -2.11. The summed E-state index contributed by atoms with van der Waals surface area (Å²) in [6, 6.07) is 18.8. The van der Waals surface area contributed by atoms with Crippen molar-refractivity contribution in [1.29, 1.82) is 0 Å². The van der Waals surface area contributed by atoms with Crippen LogP contribution < -0.4 is 10.1 Å². The average Bonchev–Trinajstić information content (AvgIpc) is 3.12. The molecule has 1 amide bonds. The van der Waals surface area contributed by atoms with Gasteiger partial charge >= 0.3 is 0 Å². The Morgan fingerprint density at radius 2 is 1.86 bits per heavy atom. The molecule has 28 heavy (non-hydrogen) atoms. The number of nitrogens with one attached hydrogen (secondary N) is 1. The molecule has 0 aliphatic rings. The third kappa shape index (κ3) is 3.34. The van der Waals surface area contributed by atoms with Crippen LogP contribution in [0.25, 0.3) is 22.6 Å². The maximum Gasteiger partial charge on any atom is 0.259 e. The van der Waals surface area contributed by atoms with E-state index in [9.17, 15) is 4.79 Å². The van der Waals surface area contributed by atoms with Crippen molar-refractivity contribution in [2.75, 3.05) is 12.4 Å². The first-order chi connectivity index (χ1) is 13.5. The van der Waals surface area contributed by atoms with Crippen molar-refractivity contribution < 1.29 is 13.9 Å². The van der Waals surface area contributed by atoms with Crippen LogP contribution >= 0.6 is 0 Å². The van der Waals surface area contributed by atoms with Gasteiger partial charge in [0.05, 0.1) is 12.7 Å². The Morgan fingerprint density at radius 1 is 1.04 bits per heavy atom. The number of ether oxygens (including phenoxy) is 1. The van der Waals surface area contributed by atoms with E-state index in [4.69, 9.17) is 9.15 Å². The molecule has 3 aromatic carbocycles. The number of amides is 1. The zero-order valence-corrected chi connectivity index (χ0v) is 15.9. The van der Waals surface area contributed by atoms with Gasteiger partial charge in [-0.25, -0.2) is 4.98 Å². The van der Waals surface area contributed by atoms with E-state index < -0.39 is 0 Å². The smallest absolute Gasteiger partial charge is 0.259 e. The Morgan fingerprint density at radius 3 is 2.68 bits per heavy atom. The number of nitrogens with zero attached hydrogens (tertiary/aromatic N) is 1. The number of oxazole rings is 1. The van der Waals surface area contributed by atoms with Gasteiger partial charge in [0.15, 0.2) is 5.58 Å². The van der Waals surface area contributed by atoms with Crippen LogP contribution in [0.5, 0.6) is 5.75 Å². The molecule has 4 rings (SSSR count). The monoisotopic (exact) mass is 372 g/mol. The van der Waals surface area contributed by atoms with Crippen LogP contribution in [-0.2, 0) is 0 Å². The minimum Gasteiger partial charge on any atom is -0.496 e. The van der Waals surface area contributed by atoms with Gasteiger partial charge in [-0.05, 0) is 61.4 Å². The minimum absolute atomic E-state index is 0.231. The number of methoxy groups -OCH3 is 1. The summed E-state index contributed by atoms with van der Waals surface area (Å²) in [4.78, 5) is 17.3. The molecule has 0 bridgehead atoms. The van der Waals surface area contributed by atoms with E-state index in [1.165, 1.54) is 0 Å². The number of para-hydroxylation sites is 1. The summed E-state index contributed by atoms with van der Waals surface area (Å²) in [5.74, 6) is 0.822. The molecule has 1 N–H and O–H groups in total. The average molecular weight is 372 g/mol. The minimum atomic E-state index is -0.231. The molecule has 0 unspecified atom stereocenters. The molecule has 0 saturated carbocycles. The molecule has 5 nitrogen and oxygen atoms in total. The number of hydrogen-bond donors (Lipinski definition) is 1. The maximum absolute atomic E-state index is 12.7. The van der Waals surface area contributed by atoms with E-state index in [1.54, 1.807) is 25.3 Å². The fraction of sp³-hybridized carbons (Fsp3) is 0.130. The second kappa shape index (κ2) is 7.19. The van der Waals surface area contributed by atoms with Crippen molar-refractivity contribution in [3.8, 4) is 17.2 Å². The highest BCUT2D eigenvalue weighted by Gasteiger charge is 2.15. The molecule has 1 aromatic heterocycles. The van der Waals surface area contributed by atoms with Crippen molar-refractivity contribution in [1.82, 2.24) is 4.98 Å². The van der Waals surface area contributed by atoms with E-state index in [0.717, 1.165) is 27.8 Å². The van der Waals surface area contributed by atoms with Gasteiger partial charge in [0.2, 0.25) is 5.89 Å². The third-order valence-electron chi connectivity index (χ3n) is 4.63. The highest BCUT2D eigenvalue weighted by molar-refractivity contribution is 6.06. The Hall–Kier alpha value is -3.60. The Kier molecular flexibility index (Phi) is 4.57. The lowest BCUT2D eigenvalue weighted by atomic mass is 10.1. The fourth-order valence-corrected chi connectivity index (χ4v) is 3.07. The molecule has 0 radical (unpaired) electrons. The predicted octanol–water partition coefficient (Wildman–Crippen LogP) is 5.37. The number of carbonyl (C=O) groups is 1. The number of anilines is 1. The summed E-state index contributed by atoms with van der Waals surface area (Å²) < 4.78 is 11.2. The standard InChI is InChI=1S/C23H20N2O3/c1-14-8-11-18-21(12-14)28-23(25-18)16-10-9-15(2)19(13-16)24-22(26)17-6-4-5-7-20(17)27-3/h4-13H,1-3H3,(H,24,26). The molecule has 0 aliphatic carbocycles. The number of rotatable bonds is 4. The SMILES string of the molecule is COc1ccccc1C(=O)Nc1cc(-c2nc3ccc(C)cc3o2)ccc1C. The van der Waals surface area contributed by atoms with Crippen LogP contribution in [0.4, 0.5) is 5.69 Å². The van der Waals surface area contributed by atoms with Crippen LogP contribution in [0.15, 0.2) is 65.1 Å². The van der Waals surface area contributed by atoms with Crippen LogP contribution in [0, 0.1) is 13.8 Å². The number of fused-ring (bicyclic) bond motifs is 1. The lowest BCUT2D eigenvalue weighted by Crippen LogP contribution is -2.14. The third-order valence-corrected chi connectivity index (χ3v) is 4.63. The highest BCUT2D eigenvalue weighted by atomic mass is 16.5. The largest absolute Gasteiger partial charge is 0.496 e. The molecule has 0 fully saturated rings. The summed E-state index contributed by atoms with van der Waals surface area (Å²) in [7, 11) is 1.55. The summed E-state index contributed by atoms with van der Waals surface area (Å²) in [6.45, 7) is 3.95. The molecule has 1 heterocycles. The Bertz CT molecular complexity index is 1180. The summed E-state index contributed by atoms with van der Waals surface area (Å²) in [5, 5.41) is 2.97. The maximum atomic E-state index is 12.7. The molecule has 0 spiro atoms. The molecule has 0 atom stereocenters.